The number of nitrogens with one attached hydrogen (secondary N) is 3. The van der Waals surface area contributed by atoms with Crippen molar-refractivity contribution in [3.05, 3.63) is 70.7 Å². The standard InChI is InChI=1S/C19H22ClN3O2/c1-3-21-19(25)23-18(24)17(14-9-5-4-6-10-14)22-13(2)15-11-7-8-12-16(15)20/h4-13,17,22H,3H2,1-2H3,(H2,21,23,24,25)/t13-,17+/m1/s1. The Kier molecular flexibility index (Phi) is 6.98. The van der Waals surface area contributed by atoms with E-state index in [1.54, 1.807) is 13.0 Å². The van der Waals surface area contributed by atoms with E-state index in [-0.39, 0.29) is 6.04 Å². The molecule has 2 rings (SSSR count). The van der Waals surface area contributed by atoms with E-state index in [0.717, 1.165) is 11.1 Å². The Morgan fingerprint density at radius 2 is 1.68 bits per heavy atom. The molecule has 0 aromatic heterocycles. The fourth-order valence-electron chi connectivity index (χ4n) is 2.52. The van der Waals surface area contributed by atoms with Crippen LogP contribution in [0.25, 0.3) is 0 Å². The number of hydrogen-bond donors (Lipinski definition) is 3. The second-order valence-electron chi connectivity index (χ2n) is 5.60. The Balaban J connectivity index is 2.22. The Labute approximate surface area is 152 Å². The van der Waals surface area contributed by atoms with E-state index in [0.29, 0.717) is 11.6 Å². The zero-order valence-electron chi connectivity index (χ0n) is 14.3. The lowest BCUT2D eigenvalue weighted by Crippen LogP contribution is -2.45. The first kappa shape index (κ1) is 19.0. The molecule has 2 aromatic rings. The summed E-state index contributed by atoms with van der Waals surface area (Å²) in [5.74, 6) is -0.420. The van der Waals surface area contributed by atoms with Gasteiger partial charge >= 0.3 is 6.03 Å². The van der Waals surface area contributed by atoms with Gasteiger partial charge in [0.15, 0.2) is 0 Å². The summed E-state index contributed by atoms with van der Waals surface area (Å²) in [7, 11) is 0. The van der Waals surface area contributed by atoms with Gasteiger partial charge in [0.2, 0.25) is 5.91 Å². The lowest BCUT2D eigenvalue weighted by atomic mass is 10.0. The topological polar surface area (TPSA) is 70.2 Å². The second-order valence-corrected chi connectivity index (χ2v) is 6.01. The van der Waals surface area contributed by atoms with Crippen molar-refractivity contribution in [2.75, 3.05) is 6.54 Å². The van der Waals surface area contributed by atoms with Gasteiger partial charge in [0.1, 0.15) is 6.04 Å². The summed E-state index contributed by atoms with van der Waals surface area (Å²) in [5, 5.41) is 8.81. The predicted octanol–water partition coefficient (Wildman–Crippen LogP) is 3.58. The van der Waals surface area contributed by atoms with Gasteiger partial charge in [-0.25, -0.2) is 4.79 Å². The monoisotopic (exact) mass is 359 g/mol. The van der Waals surface area contributed by atoms with Crippen LogP contribution in [-0.2, 0) is 4.79 Å². The summed E-state index contributed by atoms with van der Waals surface area (Å²) in [5.41, 5.74) is 1.65. The lowest BCUT2D eigenvalue weighted by molar-refractivity contribution is -0.122. The number of carbonyl (C=O) groups is 2. The van der Waals surface area contributed by atoms with Gasteiger partial charge in [-0.2, -0.15) is 0 Å². The van der Waals surface area contributed by atoms with E-state index < -0.39 is 18.0 Å². The lowest BCUT2D eigenvalue weighted by Gasteiger charge is -2.24. The fraction of sp³-hybridized carbons (Fsp3) is 0.263. The number of benzene rings is 2. The molecule has 0 heterocycles. The second kappa shape index (κ2) is 9.20. The Bertz CT molecular complexity index is 722. The van der Waals surface area contributed by atoms with Crippen LogP contribution in [0.15, 0.2) is 54.6 Å². The zero-order valence-corrected chi connectivity index (χ0v) is 15.0. The molecule has 2 aromatic carbocycles. The van der Waals surface area contributed by atoms with Gasteiger partial charge in [-0.15, -0.1) is 0 Å². The van der Waals surface area contributed by atoms with E-state index in [2.05, 4.69) is 16.0 Å². The maximum Gasteiger partial charge on any atom is 0.321 e. The normalized spacial score (nSPS) is 12.9. The van der Waals surface area contributed by atoms with Crippen LogP contribution >= 0.6 is 11.6 Å². The highest BCUT2D eigenvalue weighted by atomic mass is 35.5. The summed E-state index contributed by atoms with van der Waals surface area (Å²) < 4.78 is 0. The van der Waals surface area contributed by atoms with Crippen LogP contribution in [0.2, 0.25) is 5.02 Å². The summed E-state index contributed by atoms with van der Waals surface area (Å²) in [6.07, 6.45) is 0. The van der Waals surface area contributed by atoms with Crippen molar-refractivity contribution in [3.63, 3.8) is 0 Å². The molecule has 0 saturated heterocycles. The summed E-state index contributed by atoms with van der Waals surface area (Å²) in [4.78, 5) is 24.3. The molecule has 3 amide bonds. The SMILES string of the molecule is CCNC(=O)NC(=O)[C@@H](N[C@H](C)c1ccccc1Cl)c1ccccc1. The molecule has 0 aliphatic rings. The van der Waals surface area contributed by atoms with Crippen LogP contribution in [-0.4, -0.2) is 18.5 Å². The molecule has 0 saturated carbocycles. The third-order valence-corrected chi connectivity index (χ3v) is 4.10. The van der Waals surface area contributed by atoms with Crippen molar-refractivity contribution in [3.8, 4) is 0 Å². The minimum atomic E-state index is -0.685. The Morgan fingerprint density at radius 3 is 2.32 bits per heavy atom. The van der Waals surface area contributed by atoms with Gasteiger partial charge in [0.05, 0.1) is 0 Å². The number of imide groups is 1. The predicted molar refractivity (Wildman–Crippen MR) is 99.4 cm³/mol. The molecule has 0 radical (unpaired) electrons. The third kappa shape index (κ3) is 5.31. The average Bonchev–Trinajstić information content (AvgIpc) is 2.60. The average molecular weight is 360 g/mol. The molecule has 0 aliphatic heterocycles. The maximum absolute atomic E-state index is 12.6. The third-order valence-electron chi connectivity index (χ3n) is 3.76. The minimum absolute atomic E-state index is 0.182. The van der Waals surface area contributed by atoms with Gasteiger partial charge < -0.3 is 5.32 Å². The molecule has 2 atom stereocenters. The molecule has 6 heteroatoms. The van der Waals surface area contributed by atoms with E-state index in [1.807, 2.05) is 55.5 Å². The van der Waals surface area contributed by atoms with Crippen LogP contribution in [0.5, 0.6) is 0 Å². The summed E-state index contributed by atoms with van der Waals surface area (Å²) >= 11 is 6.25. The highest BCUT2D eigenvalue weighted by molar-refractivity contribution is 6.31. The molecule has 25 heavy (non-hydrogen) atoms. The van der Waals surface area contributed by atoms with Gasteiger partial charge in [0.25, 0.3) is 0 Å². The number of rotatable bonds is 6. The van der Waals surface area contributed by atoms with Crippen molar-refractivity contribution in [1.82, 2.24) is 16.0 Å². The molecule has 132 valence electrons. The smallest absolute Gasteiger partial charge is 0.321 e. The first-order valence-corrected chi connectivity index (χ1v) is 8.54. The molecular weight excluding hydrogens is 338 g/mol. The van der Waals surface area contributed by atoms with E-state index >= 15 is 0 Å². The zero-order chi connectivity index (χ0) is 18.2. The van der Waals surface area contributed by atoms with Crippen molar-refractivity contribution in [1.29, 1.82) is 0 Å². The highest BCUT2D eigenvalue weighted by Gasteiger charge is 2.24. The van der Waals surface area contributed by atoms with Crippen molar-refractivity contribution < 1.29 is 9.59 Å². The van der Waals surface area contributed by atoms with Crippen LogP contribution in [0.1, 0.15) is 37.1 Å². The number of carbonyl (C=O) groups excluding carboxylic acids is 2. The van der Waals surface area contributed by atoms with E-state index in [4.69, 9.17) is 11.6 Å². The van der Waals surface area contributed by atoms with Gasteiger partial charge in [-0.3, -0.25) is 15.4 Å². The first-order valence-electron chi connectivity index (χ1n) is 8.17. The van der Waals surface area contributed by atoms with Crippen LogP contribution in [0.3, 0.4) is 0 Å². The van der Waals surface area contributed by atoms with Crippen LogP contribution < -0.4 is 16.0 Å². The Hall–Kier alpha value is -2.37. The van der Waals surface area contributed by atoms with Gasteiger partial charge in [-0.05, 0) is 31.0 Å². The molecular formula is C19H22ClN3O2. The number of amides is 3. The largest absolute Gasteiger partial charge is 0.338 e. The maximum atomic E-state index is 12.6. The summed E-state index contributed by atoms with van der Waals surface area (Å²) in [6.45, 7) is 4.16. The van der Waals surface area contributed by atoms with Crippen molar-refractivity contribution in [2.45, 2.75) is 25.9 Å². The van der Waals surface area contributed by atoms with Crippen LogP contribution in [0.4, 0.5) is 4.79 Å². The molecule has 0 spiro atoms. The number of urea groups is 1. The van der Waals surface area contributed by atoms with E-state index in [9.17, 15) is 9.59 Å². The van der Waals surface area contributed by atoms with Crippen LogP contribution in [0, 0.1) is 0 Å². The number of hydrogen-bond acceptors (Lipinski definition) is 3. The highest BCUT2D eigenvalue weighted by Crippen LogP contribution is 2.25. The molecule has 5 nitrogen and oxygen atoms in total. The molecule has 3 N–H and O–H groups in total. The molecule has 0 bridgehead atoms. The molecule has 0 aliphatic carbocycles. The first-order chi connectivity index (χ1) is 12.0. The van der Waals surface area contributed by atoms with Crippen molar-refractivity contribution in [2.24, 2.45) is 0 Å². The Morgan fingerprint density at radius 1 is 1.04 bits per heavy atom. The molecule has 0 unspecified atom stereocenters. The van der Waals surface area contributed by atoms with Crippen molar-refractivity contribution >= 4 is 23.5 Å². The minimum Gasteiger partial charge on any atom is -0.338 e. The van der Waals surface area contributed by atoms with Gasteiger partial charge in [-0.1, -0.05) is 60.1 Å². The van der Waals surface area contributed by atoms with E-state index in [1.165, 1.54) is 0 Å². The fourth-order valence-corrected chi connectivity index (χ4v) is 2.82. The van der Waals surface area contributed by atoms with Gasteiger partial charge in [0, 0.05) is 17.6 Å². The quantitative estimate of drug-likeness (QED) is 0.738. The molecule has 0 fully saturated rings. The summed E-state index contributed by atoms with van der Waals surface area (Å²) in [6, 6.07) is 15.3. The number of halogens is 1.